The summed E-state index contributed by atoms with van der Waals surface area (Å²) in [6.45, 7) is 6.43. The highest BCUT2D eigenvalue weighted by Crippen LogP contribution is 2.58. The summed E-state index contributed by atoms with van der Waals surface area (Å²) in [4.78, 5) is 5.15. The fourth-order valence-electron chi connectivity index (χ4n) is 4.25. The monoisotopic (exact) mass is 251 g/mol. The number of nitrogens with zero attached hydrogens (tertiary/aromatic N) is 2. The van der Waals surface area contributed by atoms with Gasteiger partial charge >= 0.3 is 0 Å². The van der Waals surface area contributed by atoms with Gasteiger partial charge in [-0.05, 0) is 77.2 Å². The van der Waals surface area contributed by atoms with Crippen LogP contribution in [0.5, 0.6) is 0 Å². The van der Waals surface area contributed by atoms with Crippen molar-refractivity contribution < 1.29 is 0 Å². The van der Waals surface area contributed by atoms with Gasteiger partial charge in [-0.25, -0.2) is 0 Å². The van der Waals surface area contributed by atoms with E-state index in [0.29, 0.717) is 0 Å². The molecule has 3 rings (SSSR count). The number of likely N-dealkylation sites (N-methyl/N-ethyl adjacent to an activating group) is 2. The van der Waals surface area contributed by atoms with Crippen molar-refractivity contribution in [3.63, 3.8) is 0 Å². The van der Waals surface area contributed by atoms with Crippen LogP contribution in [0.3, 0.4) is 0 Å². The molecule has 0 aromatic heterocycles. The Labute approximate surface area is 112 Å². The Morgan fingerprint density at radius 2 is 2.06 bits per heavy atom. The van der Waals surface area contributed by atoms with Gasteiger partial charge in [-0.2, -0.15) is 0 Å². The van der Waals surface area contributed by atoms with Crippen LogP contribution < -0.4 is 5.32 Å². The number of likely N-dealkylation sites (tertiary alicyclic amines) is 1. The Kier molecular flexibility index (Phi) is 3.65. The maximum Gasteiger partial charge on any atom is 0.0220 e. The van der Waals surface area contributed by atoms with E-state index in [1.165, 1.54) is 64.8 Å². The third-order valence-corrected chi connectivity index (χ3v) is 5.68. The number of hydrogen-bond acceptors (Lipinski definition) is 3. The second kappa shape index (κ2) is 5.10. The zero-order valence-electron chi connectivity index (χ0n) is 12.1. The smallest absolute Gasteiger partial charge is 0.0220 e. The normalized spacial score (nSPS) is 35.5. The van der Waals surface area contributed by atoms with E-state index < -0.39 is 0 Å². The summed E-state index contributed by atoms with van der Waals surface area (Å²) in [5.41, 5.74) is 0.751. The summed E-state index contributed by atoms with van der Waals surface area (Å²) in [5, 5.41) is 3.50. The van der Waals surface area contributed by atoms with Gasteiger partial charge in [0.1, 0.15) is 0 Å². The zero-order valence-corrected chi connectivity index (χ0v) is 12.1. The maximum absolute atomic E-state index is 3.50. The molecule has 0 bridgehead atoms. The van der Waals surface area contributed by atoms with Crippen molar-refractivity contribution in [2.24, 2.45) is 11.3 Å². The maximum atomic E-state index is 3.50. The van der Waals surface area contributed by atoms with Crippen molar-refractivity contribution >= 4 is 0 Å². The molecule has 2 heterocycles. The molecule has 1 N–H and O–H groups in total. The number of hydrogen-bond donors (Lipinski definition) is 1. The molecule has 0 amide bonds. The number of rotatable bonds is 4. The quantitative estimate of drug-likeness (QED) is 0.815. The van der Waals surface area contributed by atoms with Gasteiger partial charge in [-0.3, -0.25) is 0 Å². The van der Waals surface area contributed by atoms with E-state index >= 15 is 0 Å². The Hall–Kier alpha value is -0.120. The molecule has 3 nitrogen and oxygen atoms in total. The fourth-order valence-corrected chi connectivity index (χ4v) is 4.25. The molecule has 1 saturated carbocycles. The molecule has 18 heavy (non-hydrogen) atoms. The molecular formula is C15H29N3. The summed E-state index contributed by atoms with van der Waals surface area (Å²) in [7, 11) is 4.62. The molecule has 3 aliphatic rings. The van der Waals surface area contributed by atoms with Crippen LogP contribution >= 0.6 is 0 Å². The zero-order chi connectivity index (χ0) is 12.6. The topological polar surface area (TPSA) is 18.5 Å². The summed E-state index contributed by atoms with van der Waals surface area (Å²) in [5.74, 6) is 0.997. The van der Waals surface area contributed by atoms with Gasteiger partial charge < -0.3 is 15.1 Å². The van der Waals surface area contributed by atoms with Crippen molar-refractivity contribution in [3.05, 3.63) is 0 Å². The van der Waals surface area contributed by atoms with E-state index in [0.717, 1.165) is 17.4 Å². The third-order valence-electron chi connectivity index (χ3n) is 5.68. The van der Waals surface area contributed by atoms with Crippen LogP contribution in [0.15, 0.2) is 0 Å². The molecule has 1 spiro atoms. The lowest BCUT2D eigenvalue weighted by molar-refractivity contribution is 0.201. The van der Waals surface area contributed by atoms with Crippen LogP contribution in [0, 0.1) is 11.3 Å². The van der Waals surface area contributed by atoms with Gasteiger partial charge in [0, 0.05) is 19.1 Å². The van der Waals surface area contributed by atoms with Gasteiger partial charge in [0.05, 0.1) is 0 Å². The molecule has 2 aliphatic heterocycles. The van der Waals surface area contributed by atoms with E-state index in [-0.39, 0.29) is 0 Å². The Bertz CT molecular complexity index is 285. The molecule has 0 aromatic rings. The Morgan fingerprint density at radius 3 is 2.72 bits per heavy atom. The van der Waals surface area contributed by atoms with Crippen LogP contribution in [0.1, 0.15) is 32.1 Å². The molecule has 2 atom stereocenters. The van der Waals surface area contributed by atoms with E-state index in [4.69, 9.17) is 0 Å². The lowest BCUT2D eigenvalue weighted by atomic mass is 9.92. The molecule has 2 unspecified atom stereocenters. The number of piperidine rings is 1. The highest BCUT2D eigenvalue weighted by atomic mass is 15.2. The van der Waals surface area contributed by atoms with Crippen molar-refractivity contribution in [1.29, 1.82) is 0 Å². The molecule has 2 saturated heterocycles. The first kappa shape index (κ1) is 12.9. The standard InChI is InChI=1S/C15H29N3/c1-17(12-14-4-3-9-18(14)2)11-13-10-15(13)5-7-16-8-6-15/h13-14,16H,3-12H2,1-2H3. The molecule has 3 heteroatoms. The minimum absolute atomic E-state index is 0.751. The van der Waals surface area contributed by atoms with E-state index in [9.17, 15) is 0 Å². The van der Waals surface area contributed by atoms with Gasteiger partial charge in [-0.15, -0.1) is 0 Å². The molecule has 3 fully saturated rings. The molecule has 104 valence electrons. The lowest BCUT2D eigenvalue weighted by Crippen LogP contribution is -2.38. The lowest BCUT2D eigenvalue weighted by Gasteiger charge is -2.28. The fraction of sp³-hybridized carbons (Fsp3) is 1.00. The SMILES string of the molecule is CN(CC1CCCN1C)CC1CC12CCNCC2. The molecular weight excluding hydrogens is 222 g/mol. The summed E-state index contributed by atoms with van der Waals surface area (Å²) in [6, 6.07) is 0.817. The van der Waals surface area contributed by atoms with Crippen LogP contribution in [0.2, 0.25) is 0 Å². The van der Waals surface area contributed by atoms with Crippen molar-refractivity contribution in [3.8, 4) is 0 Å². The summed E-state index contributed by atoms with van der Waals surface area (Å²) >= 11 is 0. The molecule has 1 aliphatic carbocycles. The largest absolute Gasteiger partial charge is 0.317 e. The van der Waals surface area contributed by atoms with Crippen LogP contribution in [-0.4, -0.2) is 62.7 Å². The predicted octanol–water partition coefficient (Wildman–Crippen LogP) is 1.40. The Morgan fingerprint density at radius 1 is 1.28 bits per heavy atom. The minimum Gasteiger partial charge on any atom is -0.317 e. The van der Waals surface area contributed by atoms with E-state index in [1.807, 2.05) is 0 Å². The van der Waals surface area contributed by atoms with Crippen molar-refractivity contribution in [1.82, 2.24) is 15.1 Å². The van der Waals surface area contributed by atoms with Crippen molar-refractivity contribution in [2.45, 2.75) is 38.1 Å². The summed E-state index contributed by atoms with van der Waals surface area (Å²) in [6.07, 6.45) is 7.15. The summed E-state index contributed by atoms with van der Waals surface area (Å²) < 4.78 is 0. The van der Waals surface area contributed by atoms with Gasteiger partial charge in [0.2, 0.25) is 0 Å². The first-order valence-electron chi connectivity index (χ1n) is 7.79. The van der Waals surface area contributed by atoms with Crippen LogP contribution in [0.4, 0.5) is 0 Å². The third kappa shape index (κ3) is 2.59. The first-order valence-corrected chi connectivity index (χ1v) is 7.79. The Balaban J connectivity index is 1.43. The van der Waals surface area contributed by atoms with Gasteiger partial charge in [-0.1, -0.05) is 0 Å². The van der Waals surface area contributed by atoms with E-state index in [2.05, 4.69) is 29.2 Å². The van der Waals surface area contributed by atoms with Gasteiger partial charge in [0.25, 0.3) is 0 Å². The van der Waals surface area contributed by atoms with Crippen LogP contribution in [0.25, 0.3) is 0 Å². The average molecular weight is 251 g/mol. The molecule has 0 aromatic carbocycles. The second-order valence-corrected chi connectivity index (χ2v) is 7.01. The second-order valence-electron chi connectivity index (χ2n) is 7.01. The minimum atomic E-state index is 0.751. The highest BCUT2D eigenvalue weighted by molar-refractivity contribution is 5.05. The molecule has 0 radical (unpaired) electrons. The predicted molar refractivity (Wildman–Crippen MR) is 75.8 cm³/mol. The highest BCUT2D eigenvalue weighted by Gasteiger charge is 2.53. The number of nitrogens with one attached hydrogen (secondary N) is 1. The average Bonchev–Trinajstić information content (AvgIpc) is 2.81. The van der Waals surface area contributed by atoms with Crippen LogP contribution in [-0.2, 0) is 0 Å². The van der Waals surface area contributed by atoms with Gasteiger partial charge in [0.15, 0.2) is 0 Å². The first-order chi connectivity index (χ1) is 8.70. The van der Waals surface area contributed by atoms with Crippen molar-refractivity contribution in [2.75, 3.05) is 46.8 Å². The van der Waals surface area contributed by atoms with E-state index in [1.54, 1.807) is 0 Å².